The zero-order valence-corrected chi connectivity index (χ0v) is 9.72. The van der Waals surface area contributed by atoms with Gasteiger partial charge in [0.25, 0.3) is 0 Å². The summed E-state index contributed by atoms with van der Waals surface area (Å²) in [6.07, 6.45) is 0.971. The summed E-state index contributed by atoms with van der Waals surface area (Å²) in [7, 11) is 3.99. The van der Waals surface area contributed by atoms with Crippen molar-refractivity contribution < 1.29 is 10.2 Å². The lowest BCUT2D eigenvalue weighted by atomic mass is 10.0. The Morgan fingerprint density at radius 1 is 1.40 bits per heavy atom. The molecule has 2 unspecified atom stereocenters. The van der Waals surface area contributed by atoms with E-state index in [0.29, 0.717) is 0 Å². The third-order valence-electron chi connectivity index (χ3n) is 2.22. The van der Waals surface area contributed by atoms with Crippen LogP contribution in [0.15, 0.2) is 9.98 Å². The largest absolute Gasteiger partial charge is 0.374 e. The molecule has 0 aliphatic rings. The van der Waals surface area contributed by atoms with Crippen LogP contribution in [-0.2, 0) is 0 Å². The Morgan fingerprint density at radius 3 is 2.53 bits per heavy atom. The quantitative estimate of drug-likeness (QED) is 0.604. The van der Waals surface area contributed by atoms with Crippen LogP contribution in [0.2, 0.25) is 0 Å². The van der Waals surface area contributed by atoms with Crippen LogP contribution in [0.3, 0.4) is 0 Å². The Bertz CT molecular complexity index is 213. The molecule has 0 aromatic rings. The first-order chi connectivity index (χ1) is 7.11. The fraction of sp³-hybridized carbons (Fsp3) is 0.900. The van der Waals surface area contributed by atoms with Crippen LogP contribution in [0, 0.1) is 5.92 Å². The zero-order valence-electron chi connectivity index (χ0n) is 9.72. The Balaban J connectivity index is 4.09. The smallest absolute Gasteiger partial charge is 0.158 e. The van der Waals surface area contributed by atoms with Gasteiger partial charge >= 0.3 is 0 Å². The molecule has 0 spiro atoms. The normalized spacial score (nSPS) is 14.5. The van der Waals surface area contributed by atoms with E-state index >= 15 is 0 Å². The standard InChI is InChI=1S/C10H21N3O2/c1-4-9(5-6-13(2)3)10(15)12-7-11-8-14/h9-10,14-15H,4-6,8H2,1-3H3. The van der Waals surface area contributed by atoms with Gasteiger partial charge < -0.3 is 15.1 Å². The first kappa shape index (κ1) is 14.3. The van der Waals surface area contributed by atoms with Crippen LogP contribution < -0.4 is 0 Å². The monoisotopic (exact) mass is 215 g/mol. The molecule has 5 heteroatoms. The van der Waals surface area contributed by atoms with Crippen LogP contribution in [0.4, 0.5) is 0 Å². The van der Waals surface area contributed by atoms with Crippen molar-refractivity contribution >= 4 is 6.01 Å². The summed E-state index contributed by atoms with van der Waals surface area (Å²) in [6.45, 7) is 2.59. The van der Waals surface area contributed by atoms with E-state index in [2.05, 4.69) is 20.9 Å². The lowest BCUT2D eigenvalue weighted by Gasteiger charge is -2.19. The van der Waals surface area contributed by atoms with Crippen molar-refractivity contribution in [1.82, 2.24) is 4.90 Å². The maximum atomic E-state index is 9.66. The van der Waals surface area contributed by atoms with Gasteiger partial charge in [-0.25, -0.2) is 0 Å². The topological polar surface area (TPSA) is 68.4 Å². The molecular weight excluding hydrogens is 194 g/mol. The van der Waals surface area contributed by atoms with Crippen molar-refractivity contribution in [3.8, 4) is 0 Å². The van der Waals surface area contributed by atoms with Crippen LogP contribution >= 0.6 is 0 Å². The van der Waals surface area contributed by atoms with Crippen LogP contribution in [0.1, 0.15) is 19.8 Å². The van der Waals surface area contributed by atoms with Crippen molar-refractivity contribution in [2.45, 2.75) is 26.0 Å². The first-order valence-electron chi connectivity index (χ1n) is 5.16. The fourth-order valence-corrected chi connectivity index (χ4v) is 1.23. The summed E-state index contributed by atoms with van der Waals surface area (Å²) in [5.41, 5.74) is 0. The van der Waals surface area contributed by atoms with Crippen LogP contribution in [0.25, 0.3) is 0 Å². The van der Waals surface area contributed by atoms with Crippen molar-refractivity contribution in [1.29, 1.82) is 0 Å². The second kappa shape index (κ2) is 8.56. The molecule has 0 saturated heterocycles. The molecule has 88 valence electrons. The highest BCUT2D eigenvalue weighted by Crippen LogP contribution is 2.14. The molecule has 0 aliphatic heterocycles. The molecule has 0 aliphatic carbocycles. The summed E-state index contributed by atoms with van der Waals surface area (Å²) in [5.74, 6) is 0.119. The molecule has 0 heterocycles. The summed E-state index contributed by atoms with van der Waals surface area (Å²) in [6, 6.07) is 2.27. The lowest BCUT2D eigenvalue weighted by molar-refractivity contribution is 0.104. The number of aliphatic imine (C=N–C) groups is 2. The molecule has 0 radical (unpaired) electrons. The van der Waals surface area contributed by atoms with Gasteiger partial charge in [0.05, 0.1) is 6.01 Å². The maximum absolute atomic E-state index is 9.66. The average molecular weight is 215 g/mol. The molecule has 0 saturated carbocycles. The fourth-order valence-electron chi connectivity index (χ4n) is 1.23. The molecule has 0 fully saturated rings. The summed E-state index contributed by atoms with van der Waals surface area (Å²) >= 11 is 0. The molecule has 2 N–H and O–H groups in total. The summed E-state index contributed by atoms with van der Waals surface area (Å²) in [5, 5.41) is 18.0. The highest BCUT2D eigenvalue weighted by atomic mass is 16.3. The minimum absolute atomic E-state index is 0.119. The molecule has 0 rings (SSSR count). The van der Waals surface area contributed by atoms with Crippen molar-refractivity contribution in [3.63, 3.8) is 0 Å². The minimum Gasteiger partial charge on any atom is -0.374 e. The van der Waals surface area contributed by atoms with Gasteiger partial charge in [-0.05, 0) is 33.5 Å². The van der Waals surface area contributed by atoms with Gasteiger partial charge in [-0.1, -0.05) is 6.92 Å². The predicted molar refractivity (Wildman–Crippen MR) is 59.9 cm³/mol. The Kier molecular flexibility index (Phi) is 8.14. The molecule has 2 atom stereocenters. The molecule has 0 bridgehead atoms. The number of rotatable bonds is 7. The summed E-state index contributed by atoms with van der Waals surface area (Å²) < 4.78 is 0. The Labute approximate surface area is 91.2 Å². The van der Waals surface area contributed by atoms with Gasteiger partial charge in [0, 0.05) is 5.92 Å². The Hall–Kier alpha value is -0.740. The van der Waals surface area contributed by atoms with E-state index in [0.717, 1.165) is 19.4 Å². The second-order valence-electron chi connectivity index (χ2n) is 3.70. The minimum atomic E-state index is -0.773. The third kappa shape index (κ3) is 7.22. The van der Waals surface area contributed by atoms with Crippen molar-refractivity contribution in [2.75, 3.05) is 27.4 Å². The lowest BCUT2D eigenvalue weighted by Crippen LogP contribution is -2.23. The van der Waals surface area contributed by atoms with E-state index in [9.17, 15) is 5.11 Å². The van der Waals surface area contributed by atoms with Crippen LogP contribution in [0.5, 0.6) is 0 Å². The SMILES string of the molecule is CCC(CCN(C)C)C(O)N=C=NCO. The highest BCUT2D eigenvalue weighted by molar-refractivity contribution is 5.41. The van der Waals surface area contributed by atoms with Gasteiger partial charge in [-0.15, -0.1) is 0 Å². The van der Waals surface area contributed by atoms with E-state index in [-0.39, 0.29) is 12.6 Å². The van der Waals surface area contributed by atoms with Gasteiger partial charge in [0.2, 0.25) is 0 Å². The van der Waals surface area contributed by atoms with E-state index in [1.807, 2.05) is 21.0 Å². The molecular formula is C10H21N3O2. The number of nitrogens with zero attached hydrogens (tertiary/aromatic N) is 3. The van der Waals surface area contributed by atoms with Crippen LogP contribution in [-0.4, -0.2) is 54.7 Å². The Morgan fingerprint density at radius 2 is 2.07 bits per heavy atom. The zero-order chi connectivity index (χ0) is 11.7. The number of hydrogen-bond acceptors (Lipinski definition) is 5. The summed E-state index contributed by atoms with van der Waals surface area (Å²) in [4.78, 5) is 9.19. The third-order valence-corrected chi connectivity index (χ3v) is 2.22. The molecule has 15 heavy (non-hydrogen) atoms. The van der Waals surface area contributed by atoms with Crippen molar-refractivity contribution in [2.24, 2.45) is 15.9 Å². The van der Waals surface area contributed by atoms with Crippen molar-refractivity contribution in [3.05, 3.63) is 0 Å². The van der Waals surface area contributed by atoms with Gasteiger partial charge in [0.15, 0.2) is 6.23 Å². The van der Waals surface area contributed by atoms with E-state index in [1.165, 1.54) is 0 Å². The number of aliphatic hydroxyl groups excluding tert-OH is 2. The molecule has 0 aromatic carbocycles. The van der Waals surface area contributed by atoms with Gasteiger partial charge in [0.1, 0.15) is 6.73 Å². The first-order valence-corrected chi connectivity index (χ1v) is 5.16. The second-order valence-corrected chi connectivity index (χ2v) is 3.70. The van der Waals surface area contributed by atoms with E-state index in [4.69, 9.17) is 5.11 Å². The number of aliphatic hydroxyl groups is 2. The van der Waals surface area contributed by atoms with E-state index in [1.54, 1.807) is 0 Å². The maximum Gasteiger partial charge on any atom is 0.158 e. The van der Waals surface area contributed by atoms with Gasteiger partial charge in [-0.2, -0.15) is 9.98 Å². The molecule has 5 nitrogen and oxygen atoms in total. The molecule has 0 aromatic heterocycles. The van der Waals surface area contributed by atoms with Gasteiger partial charge in [-0.3, -0.25) is 0 Å². The average Bonchev–Trinajstić information content (AvgIpc) is 2.18. The van der Waals surface area contributed by atoms with E-state index < -0.39 is 6.23 Å². The predicted octanol–water partition coefficient (Wildman–Crippen LogP) is 0.406. The highest BCUT2D eigenvalue weighted by Gasteiger charge is 2.15. The number of hydrogen-bond donors (Lipinski definition) is 2. The molecule has 0 amide bonds.